The molecule has 6 heteroatoms. The van der Waals surface area contributed by atoms with Crippen LogP contribution in [0.1, 0.15) is 40.0 Å². The van der Waals surface area contributed by atoms with Gasteiger partial charge >= 0.3 is 5.97 Å². The van der Waals surface area contributed by atoms with Gasteiger partial charge < -0.3 is 4.74 Å². The number of allylic oxidation sites excluding steroid dienone is 2. The fourth-order valence-corrected chi connectivity index (χ4v) is 2.99. The Balaban J connectivity index is 3.38. The summed E-state index contributed by atoms with van der Waals surface area (Å²) in [6.07, 6.45) is 3.56. The van der Waals surface area contributed by atoms with E-state index < -0.39 is 17.3 Å². The summed E-state index contributed by atoms with van der Waals surface area (Å²) in [4.78, 5) is 34.9. The van der Waals surface area contributed by atoms with E-state index in [-0.39, 0.29) is 5.78 Å². The molecule has 24 heavy (non-hydrogen) atoms. The first kappa shape index (κ1) is 20.1. The van der Waals surface area contributed by atoms with Crippen LogP contribution in [-0.2, 0) is 19.2 Å². The molecule has 0 spiro atoms. The summed E-state index contributed by atoms with van der Waals surface area (Å²) >= 11 is 0. The van der Waals surface area contributed by atoms with Crippen LogP contribution in [0.3, 0.4) is 0 Å². The highest BCUT2D eigenvalue weighted by Crippen LogP contribution is 2.41. The van der Waals surface area contributed by atoms with Crippen LogP contribution >= 0.6 is 0 Å². The number of hydrogen-bond donors (Lipinski definition) is 1. The van der Waals surface area contributed by atoms with E-state index in [9.17, 15) is 9.59 Å². The Kier molecular flexibility index (Phi) is 7.35. The van der Waals surface area contributed by atoms with Crippen molar-refractivity contribution in [1.29, 1.82) is 0 Å². The van der Waals surface area contributed by atoms with Crippen molar-refractivity contribution in [2.24, 2.45) is 16.3 Å². The zero-order valence-corrected chi connectivity index (χ0v) is 15.3. The van der Waals surface area contributed by atoms with Crippen LogP contribution in [0.4, 0.5) is 0 Å². The number of aliphatic imine (C=N–C) groups is 1. The molecule has 0 aromatic heterocycles. The fourth-order valence-electron chi connectivity index (χ4n) is 2.99. The second-order valence-corrected chi connectivity index (χ2v) is 6.46. The van der Waals surface area contributed by atoms with Crippen molar-refractivity contribution in [3.63, 3.8) is 0 Å². The van der Waals surface area contributed by atoms with E-state index in [4.69, 9.17) is 9.57 Å². The van der Waals surface area contributed by atoms with Gasteiger partial charge in [-0.2, -0.15) is 0 Å². The lowest BCUT2D eigenvalue weighted by Gasteiger charge is -2.38. The van der Waals surface area contributed by atoms with Crippen LogP contribution in [0, 0.1) is 11.3 Å². The molecule has 6 nitrogen and oxygen atoms in total. The van der Waals surface area contributed by atoms with Crippen molar-refractivity contribution < 1.29 is 19.2 Å². The molecular formula is C18H28N2O4. The number of rotatable bonds is 7. The maximum atomic E-state index is 13.1. The number of Topliss-reactive ketones (excluding diaryl/α,β-unsaturated/α-hetero) is 1. The molecule has 0 aromatic rings. The highest BCUT2D eigenvalue weighted by atomic mass is 16.6. The van der Waals surface area contributed by atoms with Gasteiger partial charge in [0.25, 0.3) is 0 Å². The summed E-state index contributed by atoms with van der Waals surface area (Å²) in [5.74, 6) is -1.63. The third kappa shape index (κ3) is 4.32. The Bertz CT molecular complexity index is 561. The minimum atomic E-state index is -0.851. The third-order valence-electron chi connectivity index (χ3n) is 4.11. The molecule has 1 saturated carbocycles. The van der Waals surface area contributed by atoms with E-state index in [1.54, 1.807) is 13.1 Å². The van der Waals surface area contributed by atoms with Gasteiger partial charge in [0.05, 0.1) is 25.0 Å². The van der Waals surface area contributed by atoms with Crippen molar-refractivity contribution in [2.45, 2.75) is 40.0 Å². The average Bonchev–Trinajstić information content (AvgIpc) is 2.53. The first-order valence-corrected chi connectivity index (χ1v) is 8.13. The Labute approximate surface area is 144 Å². The Hall–Kier alpha value is -1.95. The van der Waals surface area contributed by atoms with Gasteiger partial charge in [0.2, 0.25) is 0 Å². The fraction of sp³-hybridized carbons (Fsp3) is 0.611. The molecule has 1 atom stereocenters. The normalized spacial score (nSPS) is 23.8. The molecule has 1 aliphatic rings. The summed E-state index contributed by atoms with van der Waals surface area (Å²) in [6.45, 7) is 9.68. The van der Waals surface area contributed by atoms with E-state index in [0.29, 0.717) is 36.4 Å². The van der Waals surface area contributed by atoms with Crippen molar-refractivity contribution in [1.82, 2.24) is 5.48 Å². The molecule has 0 bridgehead atoms. The molecule has 0 aliphatic heterocycles. The van der Waals surface area contributed by atoms with Crippen molar-refractivity contribution in [2.75, 3.05) is 20.8 Å². The first-order chi connectivity index (χ1) is 11.3. The Morgan fingerprint density at radius 3 is 2.67 bits per heavy atom. The predicted molar refractivity (Wildman–Crippen MR) is 93.5 cm³/mol. The highest BCUT2D eigenvalue weighted by molar-refractivity contribution is 6.29. The number of carbonyl (C=O) groups is 2. The molecule has 0 radical (unpaired) electrons. The quantitative estimate of drug-likeness (QED) is 0.193. The van der Waals surface area contributed by atoms with E-state index in [0.717, 1.165) is 6.42 Å². The minimum Gasteiger partial charge on any atom is -0.468 e. The van der Waals surface area contributed by atoms with Gasteiger partial charge in [0.1, 0.15) is 5.92 Å². The molecule has 0 heterocycles. The number of hydroxylamine groups is 1. The zero-order valence-electron chi connectivity index (χ0n) is 15.3. The lowest BCUT2D eigenvalue weighted by atomic mass is 9.65. The van der Waals surface area contributed by atoms with E-state index in [1.807, 2.05) is 20.8 Å². The minimum absolute atomic E-state index is 0.267. The smallest absolute Gasteiger partial charge is 0.317 e. The van der Waals surface area contributed by atoms with Crippen molar-refractivity contribution in [3.8, 4) is 0 Å². The van der Waals surface area contributed by atoms with Gasteiger partial charge in [-0.1, -0.05) is 33.3 Å². The highest BCUT2D eigenvalue weighted by Gasteiger charge is 2.49. The van der Waals surface area contributed by atoms with Gasteiger partial charge in [-0.15, -0.1) is 6.58 Å². The summed E-state index contributed by atoms with van der Waals surface area (Å²) in [5, 5.41) is 0. The van der Waals surface area contributed by atoms with Crippen LogP contribution in [0.2, 0.25) is 0 Å². The van der Waals surface area contributed by atoms with Gasteiger partial charge in [0, 0.05) is 12.8 Å². The molecular weight excluding hydrogens is 308 g/mol. The van der Waals surface area contributed by atoms with Gasteiger partial charge in [0.15, 0.2) is 5.78 Å². The number of ketones is 1. The summed E-state index contributed by atoms with van der Waals surface area (Å²) in [5.41, 5.74) is 4.07. The third-order valence-corrected chi connectivity index (χ3v) is 4.11. The zero-order chi connectivity index (χ0) is 18.3. The lowest BCUT2D eigenvalue weighted by molar-refractivity contribution is -0.153. The van der Waals surface area contributed by atoms with E-state index in [1.165, 1.54) is 7.11 Å². The summed E-state index contributed by atoms with van der Waals surface area (Å²) in [6, 6.07) is 0. The van der Waals surface area contributed by atoms with Crippen LogP contribution in [0.5, 0.6) is 0 Å². The number of methoxy groups -OCH3 is 1. The number of ether oxygens (including phenoxy) is 1. The van der Waals surface area contributed by atoms with Crippen LogP contribution in [0.25, 0.3) is 0 Å². The number of nitrogens with zero attached hydrogens (tertiary/aromatic N) is 1. The SMILES string of the molecule is C=CCONC(CCC)=C1C(=O)[C@@H](C(=O)OC)C(C)(C)CC1=NC. The molecule has 1 rings (SSSR count). The van der Waals surface area contributed by atoms with Gasteiger partial charge in [-0.25, -0.2) is 0 Å². The van der Waals surface area contributed by atoms with E-state index >= 15 is 0 Å². The van der Waals surface area contributed by atoms with E-state index in [2.05, 4.69) is 17.1 Å². The monoisotopic (exact) mass is 336 g/mol. The molecule has 0 saturated heterocycles. The second-order valence-electron chi connectivity index (χ2n) is 6.46. The van der Waals surface area contributed by atoms with Gasteiger partial charge in [-0.05, 0) is 18.3 Å². The van der Waals surface area contributed by atoms with Crippen LogP contribution < -0.4 is 5.48 Å². The Morgan fingerprint density at radius 2 is 2.17 bits per heavy atom. The topological polar surface area (TPSA) is 77.0 Å². The van der Waals surface area contributed by atoms with Crippen LogP contribution in [-0.4, -0.2) is 38.2 Å². The van der Waals surface area contributed by atoms with Crippen LogP contribution in [0.15, 0.2) is 28.9 Å². The predicted octanol–water partition coefficient (Wildman–Crippen LogP) is 2.61. The van der Waals surface area contributed by atoms with Crippen molar-refractivity contribution >= 4 is 17.5 Å². The molecule has 0 amide bonds. The molecule has 1 N–H and O–H groups in total. The molecule has 0 unspecified atom stereocenters. The average molecular weight is 336 g/mol. The molecule has 0 aromatic carbocycles. The molecule has 1 aliphatic carbocycles. The number of hydrogen-bond acceptors (Lipinski definition) is 6. The molecule has 134 valence electrons. The first-order valence-electron chi connectivity index (χ1n) is 8.13. The van der Waals surface area contributed by atoms with Crippen molar-refractivity contribution in [3.05, 3.63) is 23.9 Å². The number of carbonyl (C=O) groups excluding carboxylic acids is 2. The number of esters is 1. The Morgan fingerprint density at radius 1 is 1.50 bits per heavy atom. The lowest BCUT2D eigenvalue weighted by Crippen LogP contribution is -2.47. The maximum absolute atomic E-state index is 13.1. The standard InChI is InChI=1S/C18H28N2O4/c1-7-9-12(20-24-10-8-2)14-13(19-5)11-18(3,4)15(16(14)21)17(22)23-6/h8,15,20H,2,7,9-11H2,1,3-6H3/t15-/m0/s1. The maximum Gasteiger partial charge on any atom is 0.317 e. The summed E-state index contributed by atoms with van der Waals surface area (Å²) in [7, 11) is 2.96. The summed E-state index contributed by atoms with van der Waals surface area (Å²) < 4.78 is 4.86. The number of nitrogens with one attached hydrogen (secondary N) is 1. The largest absolute Gasteiger partial charge is 0.468 e. The van der Waals surface area contributed by atoms with Gasteiger partial charge in [-0.3, -0.25) is 24.9 Å². The second kappa shape index (κ2) is 8.78. The molecule has 1 fully saturated rings.